The molecule has 37 heavy (non-hydrogen) atoms. The van der Waals surface area contributed by atoms with Crippen LogP contribution in [0.2, 0.25) is 0 Å². The molecule has 1 heterocycles. The van der Waals surface area contributed by atoms with Crippen molar-refractivity contribution >= 4 is 34.8 Å². The molecule has 0 aromatic heterocycles. The number of unbranched alkanes of at least 4 members (excludes halogenated alkanes) is 4. The van der Waals surface area contributed by atoms with Crippen molar-refractivity contribution in [3.8, 4) is 0 Å². The summed E-state index contributed by atoms with van der Waals surface area (Å²) in [6.45, 7) is 0.178. The molecule has 1 aliphatic heterocycles. The maximum absolute atomic E-state index is 13.8. The van der Waals surface area contributed by atoms with E-state index < -0.39 is 5.54 Å². The molecule has 8 nitrogen and oxygen atoms in total. The van der Waals surface area contributed by atoms with Gasteiger partial charge in [-0.05, 0) is 52.4 Å². The Morgan fingerprint density at radius 1 is 0.919 bits per heavy atom. The van der Waals surface area contributed by atoms with E-state index in [1.807, 2.05) is 66.7 Å². The highest BCUT2D eigenvalue weighted by Crippen LogP contribution is 2.35. The molecule has 4 amide bonds. The summed E-state index contributed by atoms with van der Waals surface area (Å²) in [5.41, 5.74) is 6.64. The summed E-state index contributed by atoms with van der Waals surface area (Å²) in [5, 5.41) is 8.64. The number of imide groups is 1. The van der Waals surface area contributed by atoms with Crippen LogP contribution in [-0.4, -0.2) is 29.0 Å². The highest BCUT2D eigenvalue weighted by atomic mass is 16.2. The number of hydrogen-bond acceptors (Lipinski definition) is 5. The van der Waals surface area contributed by atoms with Gasteiger partial charge in [0.15, 0.2) is 0 Å². The van der Waals surface area contributed by atoms with Crippen molar-refractivity contribution in [1.29, 1.82) is 0 Å². The maximum atomic E-state index is 13.8. The zero-order chi connectivity index (χ0) is 26.3. The topological polar surface area (TPSA) is 131 Å². The van der Waals surface area contributed by atoms with E-state index in [1.54, 1.807) is 6.21 Å². The largest absolute Gasteiger partial charge is 0.370 e. The van der Waals surface area contributed by atoms with Crippen LogP contribution in [0, 0.1) is 0 Å². The van der Waals surface area contributed by atoms with Crippen molar-refractivity contribution < 1.29 is 14.4 Å². The number of carbonyl (C=O) groups excluding carboxylic acids is 3. The van der Waals surface area contributed by atoms with Crippen LogP contribution in [0.4, 0.5) is 4.79 Å². The molecule has 0 aliphatic carbocycles. The number of hydrazone groups is 1. The lowest BCUT2D eigenvalue weighted by molar-refractivity contribution is -0.132. The lowest BCUT2D eigenvalue weighted by atomic mass is 9.84. The molecular weight excluding hydrogens is 466 g/mol. The van der Waals surface area contributed by atoms with Crippen molar-refractivity contribution in [3.63, 3.8) is 0 Å². The Hall–Kier alpha value is -4.20. The number of fused-ring (bicyclic) bond motifs is 1. The smallest absolute Gasteiger partial charge is 0.325 e. The Morgan fingerprint density at radius 2 is 1.65 bits per heavy atom. The molecule has 1 fully saturated rings. The lowest BCUT2D eigenvalue weighted by Gasteiger charge is -2.27. The molecule has 3 aromatic rings. The third-order valence-corrected chi connectivity index (χ3v) is 6.91. The predicted octanol–water partition coefficient (Wildman–Crippen LogP) is 4.30. The van der Waals surface area contributed by atoms with E-state index in [-0.39, 0.29) is 24.4 Å². The lowest BCUT2D eigenvalue weighted by Crippen LogP contribution is -2.44. The maximum Gasteiger partial charge on any atom is 0.325 e. The first-order chi connectivity index (χ1) is 17.9. The summed E-state index contributed by atoms with van der Waals surface area (Å²) in [7, 11) is 0. The van der Waals surface area contributed by atoms with E-state index in [4.69, 9.17) is 11.6 Å². The summed E-state index contributed by atoms with van der Waals surface area (Å²) < 4.78 is 0. The van der Waals surface area contributed by atoms with E-state index in [9.17, 15) is 14.4 Å². The molecule has 1 saturated heterocycles. The van der Waals surface area contributed by atoms with E-state index in [2.05, 4.69) is 10.4 Å². The van der Waals surface area contributed by atoms with Crippen LogP contribution in [-0.2, 0) is 21.7 Å². The SMILES string of the molecule is NN=Cc1ccc2ccc(CN3C(=O)NC(CCCCCCCC(N)=O)(c4ccccc4)C3=O)cc2c1. The normalized spacial score (nSPS) is 17.6. The van der Waals surface area contributed by atoms with Crippen LogP contribution < -0.4 is 16.9 Å². The molecule has 0 spiro atoms. The summed E-state index contributed by atoms with van der Waals surface area (Å²) in [4.78, 5) is 39.2. The molecule has 1 aliphatic rings. The molecule has 0 bridgehead atoms. The zero-order valence-electron chi connectivity index (χ0n) is 20.9. The molecule has 192 valence electrons. The Labute approximate surface area is 216 Å². The van der Waals surface area contributed by atoms with Crippen molar-refractivity contribution in [3.05, 3.63) is 83.4 Å². The Morgan fingerprint density at radius 3 is 2.41 bits per heavy atom. The van der Waals surface area contributed by atoms with Gasteiger partial charge in [-0.2, -0.15) is 5.10 Å². The minimum atomic E-state index is -1.09. The van der Waals surface area contributed by atoms with Crippen LogP contribution >= 0.6 is 0 Å². The van der Waals surface area contributed by atoms with E-state index >= 15 is 0 Å². The summed E-state index contributed by atoms with van der Waals surface area (Å²) in [5.74, 6) is 4.77. The van der Waals surface area contributed by atoms with Gasteiger partial charge in [-0.3, -0.25) is 14.5 Å². The highest BCUT2D eigenvalue weighted by molar-refractivity contribution is 6.07. The number of amides is 4. The molecule has 3 aromatic carbocycles. The summed E-state index contributed by atoms with van der Waals surface area (Å²) in [6.07, 6.45) is 6.78. The standard InChI is InChI=1S/C29H33N5O3/c30-26(35)11-7-2-1-3-8-16-29(25-9-5-4-6-10-25)27(36)34(28(37)33-29)20-22-13-15-23-14-12-21(19-32-31)17-24(23)18-22/h4-6,9-10,12-15,17-19H,1-3,7-8,11,16,20,31H2,(H2,30,35)(H,33,37). The van der Waals surface area contributed by atoms with Gasteiger partial charge < -0.3 is 16.9 Å². The second-order valence-corrected chi connectivity index (χ2v) is 9.55. The fourth-order valence-electron chi connectivity index (χ4n) is 4.98. The van der Waals surface area contributed by atoms with Gasteiger partial charge in [0.25, 0.3) is 5.91 Å². The van der Waals surface area contributed by atoms with Crippen molar-refractivity contribution in [2.24, 2.45) is 16.7 Å². The van der Waals surface area contributed by atoms with Gasteiger partial charge in [0.2, 0.25) is 5.91 Å². The number of nitrogens with zero attached hydrogens (tertiary/aromatic N) is 2. The number of carbonyl (C=O) groups is 3. The number of benzene rings is 3. The van der Waals surface area contributed by atoms with Gasteiger partial charge in [-0.25, -0.2) is 4.79 Å². The fraction of sp³-hybridized carbons (Fsp3) is 0.310. The van der Waals surface area contributed by atoms with Crippen molar-refractivity contribution in [2.45, 2.75) is 57.0 Å². The molecule has 1 atom stereocenters. The van der Waals surface area contributed by atoms with Gasteiger partial charge >= 0.3 is 6.03 Å². The molecule has 0 saturated carbocycles. The van der Waals surface area contributed by atoms with E-state index in [0.29, 0.717) is 12.8 Å². The number of nitrogens with one attached hydrogen (secondary N) is 1. The van der Waals surface area contributed by atoms with Crippen molar-refractivity contribution in [2.75, 3.05) is 0 Å². The first-order valence-electron chi connectivity index (χ1n) is 12.7. The minimum Gasteiger partial charge on any atom is -0.370 e. The fourth-order valence-corrected chi connectivity index (χ4v) is 4.98. The van der Waals surface area contributed by atoms with Crippen LogP contribution in [0.5, 0.6) is 0 Å². The molecule has 1 unspecified atom stereocenters. The number of rotatable bonds is 12. The predicted molar refractivity (Wildman–Crippen MR) is 144 cm³/mol. The van der Waals surface area contributed by atoms with E-state index in [0.717, 1.165) is 59.6 Å². The molecule has 8 heteroatoms. The Balaban J connectivity index is 1.50. The van der Waals surface area contributed by atoms with Crippen LogP contribution in [0.15, 0.2) is 71.8 Å². The third kappa shape index (κ3) is 5.97. The quantitative estimate of drug-likeness (QED) is 0.113. The molecule has 4 rings (SSSR count). The number of urea groups is 1. The first kappa shape index (κ1) is 25.9. The van der Waals surface area contributed by atoms with Gasteiger partial charge in [-0.15, -0.1) is 0 Å². The minimum absolute atomic E-state index is 0.178. The average molecular weight is 500 g/mol. The monoisotopic (exact) mass is 499 g/mol. The Kier molecular flexibility index (Phi) is 8.18. The second kappa shape index (κ2) is 11.7. The molecule has 0 radical (unpaired) electrons. The van der Waals surface area contributed by atoms with Crippen LogP contribution in [0.1, 0.15) is 61.6 Å². The van der Waals surface area contributed by atoms with Gasteiger partial charge in [0.05, 0.1) is 12.8 Å². The van der Waals surface area contributed by atoms with E-state index in [1.165, 1.54) is 4.90 Å². The second-order valence-electron chi connectivity index (χ2n) is 9.55. The summed E-state index contributed by atoms with van der Waals surface area (Å²) >= 11 is 0. The summed E-state index contributed by atoms with van der Waals surface area (Å²) in [6, 6.07) is 20.9. The number of hydrogen-bond donors (Lipinski definition) is 3. The van der Waals surface area contributed by atoms with Gasteiger partial charge in [-0.1, -0.05) is 80.3 Å². The Bertz CT molecular complexity index is 1310. The molecule has 5 N–H and O–H groups in total. The van der Waals surface area contributed by atoms with Gasteiger partial charge in [0, 0.05) is 6.42 Å². The van der Waals surface area contributed by atoms with Crippen LogP contribution in [0.25, 0.3) is 10.8 Å². The third-order valence-electron chi connectivity index (χ3n) is 6.91. The zero-order valence-corrected chi connectivity index (χ0v) is 20.9. The number of nitrogens with two attached hydrogens (primary N) is 2. The average Bonchev–Trinajstić information content (AvgIpc) is 3.13. The van der Waals surface area contributed by atoms with Crippen molar-refractivity contribution in [1.82, 2.24) is 10.2 Å². The van der Waals surface area contributed by atoms with Crippen LogP contribution in [0.3, 0.4) is 0 Å². The van der Waals surface area contributed by atoms with Gasteiger partial charge in [0.1, 0.15) is 5.54 Å². The highest BCUT2D eigenvalue weighted by Gasteiger charge is 2.51. The molecular formula is C29H33N5O3. The first-order valence-corrected chi connectivity index (χ1v) is 12.7. The number of primary amides is 1.